The van der Waals surface area contributed by atoms with Crippen molar-refractivity contribution < 1.29 is 23.5 Å². The van der Waals surface area contributed by atoms with E-state index in [2.05, 4.69) is 15.6 Å². The van der Waals surface area contributed by atoms with Crippen LogP contribution in [0.2, 0.25) is 0 Å². The van der Waals surface area contributed by atoms with Crippen LogP contribution < -0.4 is 10.6 Å². The standard InChI is InChI=1S/C17H15N3O5S/c21-14(8-19-17(23)12-5-3-7-24-12)18-9-16(22)25-10-15-20-11-4-1-2-6-13(11)26-15/h1-7H,8-10H2,(H,18,21)(H,19,23). The van der Waals surface area contributed by atoms with Crippen molar-refractivity contribution in [3.8, 4) is 0 Å². The van der Waals surface area contributed by atoms with Crippen molar-refractivity contribution >= 4 is 39.3 Å². The van der Waals surface area contributed by atoms with Gasteiger partial charge in [0, 0.05) is 0 Å². The lowest BCUT2D eigenvalue weighted by Crippen LogP contribution is -2.39. The minimum absolute atomic E-state index is 0.0449. The third-order valence-electron chi connectivity index (χ3n) is 3.28. The lowest BCUT2D eigenvalue weighted by atomic mass is 10.3. The maximum atomic E-state index is 11.7. The van der Waals surface area contributed by atoms with Crippen LogP contribution in [0.4, 0.5) is 0 Å². The zero-order valence-corrected chi connectivity index (χ0v) is 14.4. The normalized spacial score (nSPS) is 10.5. The fourth-order valence-electron chi connectivity index (χ4n) is 2.06. The summed E-state index contributed by atoms with van der Waals surface area (Å²) in [5.41, 5.74) is 0.851. The molecule has 8 nitrogen and oxygen atoms in total. The molecular formula is C17H15N3O5S. The molecule has 134 valence electrons. The second kappa shape index (κ2) is 8.26. The monoisotopic (exact) mass is 373 g/mol. The Kier molecular flexibility index (Phi) is 5.59. The predicted octanol–water partition coefficient (Wildman–Crippen LogP) is 1.48. The number of carbonyl (C=O) groups excluding carboxylic acids is 3. The van der Waals surface area contributed by atoms with Gasteiger partial charge in [0.1, 0.15) is 18.2 Å². The maximum absolute atomic E-state index is 11.7. The Hall–Kier alpha value is -3.20. The van der Waals surface area contributed by atoms with Gasteiger partial charge in [0.25, 0.3) is 5.91 Å². The molecule has 0 aliphatic rings. The van der Waals surface area contributed by atoms with Crippen LogP contribution in [-0.4, -0.2) is 35.9 Å². The quantitative estimate of drug-likeness (QED) is 0.607. The fraction of sp³-hybridized carbons (Fsp3) is 0.176. The van der Waals surface area contributed by atoms with Gasteiger partial charge in [-0.3, -0.25) is 14.4 Å². The molecule has 0 saturated heterocycles. The van der Waals surface area contributed by atoms with Gasteiger partial charge in [-0.25, -0.2) is 4.98 Å². The molecule has 0 aliphatic carbocycles. The number of hydrogen-bond acceptors (Lipinski definition) is 7. The van der Waals surface area contributed by atoms with Crippen molar-refractivity contribution in [1.29, 1.82) is 0 Å². The molecule has 2 aromatic heterocycles. The Bertz CT molecular complexity index is 887. The van der Waals surface area contributed by atoms with Crippen molar-refractivity contribution in [2.45, 2.75) is 6.61 Å². The van der Waals surface area contributed by atoms with E-state index in [0.29, 0.717) is 5.01 Å². The zero-order chi connectivity index (χ0) is 18.4. The molecule has 0 unspecified atom stereocenters. The van der Waals surface area contributed by atoms with Gasteiger partial charge in [-0.15, -0.1) is 11.3 Å². The summed E-state index contributed by atoms with van der Waals surface area (Å²) in [5, 5.41) is 5.42. The minimum Gasteiger partial charge on any atom is -0.459 e. The third-order valence-corrected chi connectivity index (χ3v) is 4.29. The molecule has 0 fully saturated rings. The Morgan fingerprint density at radius 1 is 1.08 bits per heavy atom. The third kappa shape index (κ3) is 4.67. The van der Waals surface area contributed by atoms with E-state index in [1.165, 1.54) is 23.7 Å². The van der Waals surface area contributed by atoms with Crippen LogP contribution in [0.15, 0.2) is 47.1 Å². The topological polar surface area (TPSA) is 111 Å². The number of rotatable bonds is 7. The highest BCUT2D eigenvalue weighted by atomic mass is 32.1. The molecule has 3 aromatic rings. The van der Waals surface area contributed by atoms with Crippen molar-refractivity contribution in [1.82, 2.24) is 15.6 Å². The maximum Gasteiger partial charge on any atom is 0.325 e. The largest absolute Gasteiger partial charge is 0.459 e. The van der Waals surface area contributed by atoms with Crippen molar-refractivity contribution in [2.24, 2.45) is 0 Å². The van der Waals surface area contributed by atoms with Crippen molar-refractivity contribution in [3.05, 3.63) is 53.4 Å². The van der Waals surface area contributed by atoms with Crippen LogP contribution in [0.25, 0.3) is 10.2 Å². The Morgan fingerprint density at radius 3 is 2.69 bits per heavy atom. The van der Waals surface area contributed by atoms with Gasteiger partial charge in [0.2, 0.25) is 5.91 Å². The number of nitrogens with zero attached hydrogens (tertiary/aromatic N) is 1. The lowest BCUT2D eigenvalue weighted by Gasteiger charge is -2.06. The van der Waals surface area contributed by atoms with Gasteiger partial charge in [0.15, 0.2) is 5.76 Å². The molecular weight excluding hydrogens is 358 g/mol. The van der Waals surface area contributed by atoms with Crippen LogP contribution in [0.1, 0.15) is 15.6 Å². The summed E-state index contributed by atoms with van der Waals surface area (Å²) < 4.78 is 11.0. The Morgan fingerprint density at radius 2 is 1.92 bits per heavy atom. The second-order valence-electron chi connectivity index (χ2n) is 5.17. The van der Waals surface area contributed by atoms with E-state index in [0.717, 1.165) is 10.2 Å². The molecule has 2 heterocycles. The van der Waals surface area contributed by atoms with Crippen LogP contribution in [0, 0.1) is 0 Å². The van der Waals surface area contributed by atoms with Crippen LogP contribution in [0.5, 0.6) is 0 Å². The highest BCUT2D eigenvalue weighted by Crippen LogP contribution is 2.21. The van der Waals surface area contributed by atoms with E-state index in [9.17, 15) is 14.4 Å². The first-order chi connectivity index (χ1) is 12.6. The van der Waals surface area contributed by atoms with Crippen LogP contribution in [0.3, 0.4) is 0 Å². The number of fused-ring (bicyclic) bond motifs is 1. The zero-order valence-electron chi connectivity index (χ0n) is 13.6. The summed E-state index contributed by atoms with van der Waals surface area (Å²) in [6.45, 7) is -0.520. The number of esters is 1. The van der Waals surface area contributed by atoms with Gasteiger partial charge in [-0.1, -0.05) is 12.1 Å². The number of para-hydroxylation sites is 1. The number of hydrogen-bond donors (Lipinski definition) is 2. The molecule has 0 aliphatic heterocycles. The van der Waals surface area contributed by atoms with E-state index in [1.807, 2.05) is 24.3 Å². The molecule has 0 atom stereocenters. The number of thiazole rings is 1. The summed E-state index contributed by atoms with van der Waals surface area (Å²) in [4.78, 5) is 39.3. The number of carbonyl (C=O) groups is 3. The van der Waals surface area contributed by atoms with Crippen molar-refractivity contribution in [2.75, 3.05) is 13.1 Å². The van der Waals surface area contributed by atoms with Gasteiger partial charge < -0.3 is 19.8 Å². The number of furan rings is 1. The molecule has 1 aromatic carbocycles. The molecule has 0 spiro atoms. The van der Waals surface area contributed by atoms with Gasteiger partial charge in [0.05, 0.1) is 23.0 Å². The van der Waals surface area contributed by atoms with Gasteiger partial charge in [-0.05, 0) is 24.3 Å². The Balaban J connectivity index is 1.36. The van der Waals surface area contributed by atoms with E-state index >= 15 is 0 Å². The first-order valence-electron chi connectivity index (χ1n) is 7.70. The molecule has 0 saturated carbocycles. The summed E-state index contributed by atoms with van der Waals surface area (Å²) >= 11 is 1.44. The predicted molar refractivity (Wildman–Crippen MR) is 93.5 cm³/mol. The number of amides is 2. The van der Waals surface area contributed by atoms with Crippen LogP contribution >= 0.6 is 11.3 Å². The number of nitrogens with one attached hydrogen (secondary N) is 2. The highest BCUT2D eigenvalue weighted by Gasteiger charge is 2.12. The molecule has 0 bridgehead atoms. The average molecular weight is 373 g/mol. The number of benzene rings is 1. The lowest BCUT2D eigenvalue weighted by molar-refractivity contribution is -0.145. The summed E-state index contributed by atoms with van der Waals surface area (Å²) in [5.74, 6) is -1.51. The first kappa shape index (κ1) is 17.6. The highest BCUT2D eigenvalue weighted by molar-refractivity contribution is 7.18. The Labute approximate surface area is 152 Å². The molecule has 2 amide bonds. The summed E-state index contributed by atoms with van der Waals surface area (Å²) in [6.07, 6.45) is 1.36. The van der Waals surface area contributed by atoms with Gasteiger partial charge >= 0.3 is 5.97 Å². The molecule has 9 heteroatoms. The fourth-order valence-corrected chi connectivity index (χ4v) is 2.94. The number of ether oxygens (including phenoxy) is 1. The number of aromatic nitrogens is 1. The molecule has 2 N–H and O–H groups in total. The van der Waals surface area contributed by atoms with Gasteiger partial charge in [-0.2, -0.15) is 0 Å². The van der Waals surface area contributed by atoms with E-state index in [4.69, 9.17) is 9.15 Å². The van der Waals surface area contributed by atoms with Crippen LogP contribution in [-0.2, 0) is 20.9 Å². The minimum atomic E-state index is -0.588. The second-order valence-corrected chi connectivity index (χ2v) is 6.29. The SMILES string of the molecule is O=C(CNC(=O)c1ccco1)NCC(=O)OCc1nc2ccccc2s1. The summed E-state index contributed by atoms with van der Waals surface area (Å²) in [7, 11) is 0. The molecule has 0 radical (unpaired) electrons. The average Bonchev–Trinajstić information content (AvgIpc) is 3.31. The summed E-state index contributed by atoms with van der Waals surface area (Å²) in [6, 6.07) is 10.7. The van der Waals surface area contributed by atoms with E-state index in [-0.39, 0.29) is 25.5 Å². The smallest absolute Gasteiger partial charge is 0.325 e. The molecule has 26 heavy (non-hydrogen) atoms. The van der Waals surface area contributed by atoms with E-state index < -0.39 is 17.8 Å². The first-order valence-corrected chi connectivity index (χ1v) is 8.52. The molecule has 3 rings (SSSR count). The van der Waals surface area contributed by atoms with Crippen molar-refractivity contribution in [3.63, 3.8) is 0 Å². The van der Waals surface area contributed by atoms with E-state index in [1.54, 1.807) is 6.07 Å².